The first kappa shape index (κ1) is 17.9. The second-order valence-electron chi connectivity index (χ2n) is 4.21. The number of carbonyl (C=O) groups is 2. The fourth-order valence-electron chi connectivity index (χ4n) is 1.88. The minimum absolute atomic E-state index is 0. The van der Waals surface area contributed by atoms with Crippen LogP contribution in [0.5, 0.6) is 0 Å². The Morgan fingerprint density at radius 1 is 1.26 bits per heavy atom. The molecule has 3 amide bonds. The lowest BCUT2D eigenvalue weighted by molar-refractivity contribution is -0.135. The van der Waals surface area contributed by atoms with Crippen molar-refractivity contribution in [2.45, 2.75) is 13.0 Å². The van der Waals surface area contributed by atoms with Crippen LogP contribution in [0.1, 0.15) is 6.92 Å². The average Bonchev–Trinajstić information content (AvgIpc) is 2.38. The lowest BCUT2D eigenvalue weighted by atomic mass is 10.2. The van der Waals surface area contributed by atoms with Crippen molar-refractivity contribution in [3.05, 3.63) is 0 Å². The molecule has 0 aromatic heterocycles. The quantitative estimate of drug-likeness (QED) is 0.714. The van der Waals surface area contributed by atoms with E-state index in [1.54, 1.807) is 9.80 Å². The van der Waals surface area contributed by atoms with Crippen molar-refractivity contribution >= 4 is 24.3 Å². The van der Waals surface area contributed by atoms with E-state index in [-0.39, 0.29) is 31.0 Å². The number of hydrogen-bond acceptors (Lipinski definition) is 4. The molecule has 0 aliphatic carbocycles. The molecule has 1 saturated heterocycles. The predicted molar refractivity (Wildman–Crippen MR) is 74.3 cm³/mol. The van der Waals surface area contributed by atoms with Crippen LogP contribution in [0.3, 0.4) is 0 Å². The van der Waals surface area contributed by atoms with Crippen LogP contribution in [0.4, 0.5) is 4.79 Å². The molecule has 0 bridgehead atoms. The van der Waals surface area contributed by atoms with Gasteiger partial charge in [0.25, 0.3) is 0 Å². The van der Waals surface area contributed by atoms with Crippen LogP contribution in [0.2, 0.25) is 0 Å². The van der Waals surface area contributed by atoms with Gasteiger partial charge in [-0.15, -0.1) is 12.4 Å². The Morgan fingerprint density at radius 2 is 1.79 bits per heavy atom. The van der Waals surface area contributed by atoms with E-state index in [1.807, 2.05) is 6.92 Å². The maximum absolute atomic E-state index is 11.9. The SMILES string of the molecule is CCNC(=O)N1CCN(C(=O)C(N)COC)CC1.Cl. The van der Waals surface area contributed by atoms with Gasteiger partial charge in [0, 0.05) is 39.8 Å². The van der Waals surface area contributed by atoms with E-state index in [4.69, 9.17) is 10.5 Å². The van der Waals surface area contributed by atoms with Crippen LogP contribution in [0, 0.1) is 0 Å². The van der Waals surface area contributed by atoms with Crippen LogP contribution in [0.25, 0.3) is 0 Å². The zero-order chi connectivity index (χ0) is 13.5. The van der Waals surface area contributed by atoms with E-state index in [0.29, 0.717) is 32.7 Å². The molecule has 112 valence electrons. The summed E-state index contributed by atoms with van der Waals surface area (Å²) in [6, 6.07) is -0.697. The number of hydrogen-bond donors (Lipinski definition) is 2. The van der Waals surface area contributed by atoms with Gasteiger partial charge in [0.15, 0.2) is 0 Å². The van der Waals surface area contributed by atoms with Gasteiger partial charge in [0.05, 0.1) is 6.61 Å². The van der Waals surface area contributed by atoms with Crippen molar-refractivity contribution < 1.29 is 14.3 Å². The highest BCUT2D eigenvalue weighted by atomic mass is 35.5. The standard InChI is InChI=1S/C11H22N4O3.ClH/c1-3-13-11(17)15-6-4-14(5-7-15)10(16)9(12)8-18-2;/h9H,3-8,12H2,1-2H3,(H,13,17);1H. The summed E-state index contributed by atoms with van der Waals surface area (Å²) in [6.07, 6.45) is 0. The molecular formula is C11H23ClN4O3. The van der Waals surface area contributed by atoms with Crippen molar-refractivity contribution in [3.63, 3.8) is 0 Å². The molecule has 1 aliphatic rings. The van der Waals surface area contributed by atoms with Gasteiger partial charge in [-0.3, -0.25) is 4.79 Å². The van der Waals surface area contributed by atoms with Crippen molar-refractivity contribution in [2.75, 3.05) is 46.4 Å². The molecule has 8 heteroatoms. The summed E-state index contributed by atoms with van der Waals surface area (Å²) in [6.45, 7) is 4.82. The maximum atomic E-state index is 11.9. The van der Waals surface area contributed by atoms with Crippen molar-refractivity contribution in [1.29, 1.82) is 0 Å². The number of carbonyl (C=O) groups excluding carboxylic acids is 2. The van der Waals surface area contributed by atoms with Gasteiger partial charge >= 0.3 is 6.03 Å². The van der Waals surface area contributed by atoms with Crippen molar-refractivity contribution in [2.24, 2.45) is 5.73 Å². The van der Waals surface area contributed by atoms with Gasteiger partial charge in [-0.2, -0.15) is 0 Å². The fourth-order valence-corrected chi connectivity index (χ4v) is 1.88. The van der Waals surface area contributed by atoms with Crippen LogP contribution < -0.4 is 11.1 Å². The molecule has 3 N–H and O–H groups in total. The summed E-state index contributed by atoms with van der Waals surface area (Å²) in [7, 11) is 1.51. The Bertz CT molecular complexity index is 296. The van der Waals surface area contributed by atoms with Crippen LogP contribution >= 0.6 is 12.4 Å². The molecule has 0 radical (unpaired) electrons. The Hall–Kier alpha value is -1.05. The fraction of sp³-hybridized carbons (Fsp3) is 0.818. The highest BCUT2D eigenvalue weighted by Gasteiger charge is 2.26. The number of nitrogens with one attached hydrogen (secondary N) is 1. The lowest BCUT2D eigenvalue weighted by Crippen LogP contribution is -2.56. The third-order valence-corrected chi connectivity index (χ3v) is 2.87. The van der Waals surface area contributed by atoms with Crippen molar-refractivity contribution in [3.8, 4) is 0 Å². The summed E-state index contributed by atoms with van der Waals surface area (Å²) < 4.78 is 4.86. The average molecular weight is 295 g/mol. The molecule has 0 spiro atoms. The van der Waals surface area contributed by atoms with Crippen LogP contribution in [0.15, 0.2) is 0 Å². The monoisotopic (exact) mass is 294 g/mol. The van der Waals surface area contributed by atoms with Crippen molar-refractivity contribution in [1.82, 2.24) is 15.1 Å². The highest BCUT2D eigenvalue weighted by Crippen LogP contribution is 2.04. The van der Waals surface area contributed by atoms with Gasteiger partial charge in [0.2, 0.25) is 5.91 Å². The number of methoxy groups -OCH3 is 1. The molecule has 0 saturated carbocycles. The number of rotatable bonds is 4. The second kappa shape index (κ2) is 8.95. The number of piperazine rings is 1. The second-order valence-corrected chi connectivity index (χ2v) is 4.21. The number of nitrogens with zero attached hydrogens (tertiary/aromatic N) is 2. The molecular weight excluding hydrogens is 272 g/mol. The Balaban J connectivity index is 0.00000324. The molecule has 1 heterocycles. The van der Waals surface area contributed by atoms with E-state index in [9.17, 15) is 9.59 Å². The van der Waals surface area contributed by atoms with E-state index in [0.717, 1.165) is 0 Å². The first-order chi connectivity index (χ1) is 8.60. The van der Waals surface area contributed by atoms with E-state index >= 15 is 0 Å². The molecule has 1 fully saturated rings. The van der Waals surface area contributed by atoms with Gasteiger partial charge < -0.3 is 25.6 Å². The van der Waals surface area contributed by atoms with E-state index in [2.05, 4.69) is 5.32 Å². The van der Waals surface area contributed by atoms with Gasteiger partial charge in [-0.1, -0.05) is 0 Å². The topological polar surface area (TPSA) is 87.9 Å². The highest BCUT2D eigenvalue weighted by molar-refractivity contribution is 5.85. The molecule has 0 aromatic carbocycles. The Kier molecular flexibility index (Phi) is 8.46. The third-order valence-electron chi connectivity index (χ3n) is 2.87. The first-order valence-corrected chi connectivity index (χ1v) is 6.16. The molecule has 1 atom stereocenters. The first-order valence-electron chi connectivity index (χ1n) is 6.16. The van der Waals surface area contributed by atoms with Crippen LogP contribution in [-0.4, -0.2) is 74.2 Å². The molecule has 0 aromatic rings. The summed E-state index contributed by atoms with van der Waals surface area (Å²) in [4.78, 5) is 26.9. The largest absolute Gasteiger partial charge is 0.383 e. The zero-order valence-corrected chi connectivity index (χ0v) is 12.2. The number of amides is 3. The minimum atomic E-state index is -0.619. The summed E-state index contributed by atoms with van der Waals surface area (Å²) in [5, 5.41) is 2.74. The molecule has 1 rings (SSSR count). The van der Waals surface area contributed by atoms with E-state index in [1.165, 1.54) is 7.11 Å². The Labute approximate surface area is 119 Å². The summed E-state index contributed by atoms with van der Waals surface area (Å²) >= 11 is 0. The predicted octanol–water partition coefficient (Wildman–Crippen LogP) is -0.744. The van der Waals surface area contributed by atoms with Gasteiger partial charge in [0.1, 0.15) is 6.04 Å². The van der Waals surface area contributed by atoms with Gasteiger partial charge in [-0.25, -0.2) is 4.79 Å². The summed E-state index contributed by atoms with van der Waals surface area (Å²) in [5.74, 6) is -0.118. The molecule has 19 heavy (non-hydrogen) atoms. The van der Waals surface area contributed by atoms with E-state index < -0.39 is 6.04 Å². The number of urea groups is 1. The maximum Gasteiger partial charge on any atom is 0.317 e. The normalized spacial score (nSPS) is 16.6. The third kappa shape index (κ3) is 5.22. The number of halogens is 1. The van der Waals surface area contributed by atoms with Gasteiger partial charge in [-0.05, 0) is 6.92 Å². The molecule has 7 nitrogen and oxygen atoms in total. The number of ether oxygens (including phenoxy) is 1. The zero-order valence-electron chi connectivity index (χ0n) is 11.4. The lowest BCUT2D eigenvalue weighted by Gasteiger charge is -2.35. The Morgan fingerprint density at radius 3 is 2.26 bits per heavy atom. The molecule has 1 aliphatic heterocycles. The minimum Gasteiger partial charge on any atom is -0.383 e. The number of nitrogens with two attached hydrogens (primary N) is 1. The smallest absolute Gasteiger partial charge is 0.317 e. The summed E-state index contributed by atoms with van der Waals surface area (Å²) in [5.41, 5.74) is 5.69. The van der Waals surface area contributed by atoms with Crippen LogP contribution in [-0.2, 0) is 9.53 Å². The molecule has 1 unspecified atom stereocenters.